The molecule has 23 heavy (non-hydrogen) atoms. The molecule has 1 aromatic rings. The van der Waals surface area contributed by atoms with Gasteiger partial charge < -0.3 is 15.0 Å². The van der Waals surface area contributed by atoms with E-state index in [4.69, 9.17) is 4.74 Å². The lowest BCUT2D eigenvalue weighted by atomic mass is 10.2. The van der Waals surface area contributed by atoms with Crippen molar-refractivity contribution >= 4 is 42.5 Å². The average Bonchev–Trinajstić information content (AvgIpc) is 2.95. The summed E-state index contributed by atoms with van der Waals surface area (Å²) in [7, 11) is 0. The van der Waals surface area contributed by atoms with Crippen LogP contribution in [0.5, 0.6) is 0 Å². The second-order valence-electron chi connectivity index (χ2n) is 5.41. The van der Waals surface area contributed by atoms with Crippen molar-refractivity contribution in [2.45, 2.75) is 25.5 Å². The zero-order valence-corrected chi connectivity index (χ0v) is 15.4. The normalized spacial score (nSPS) is 24.5. The highest BCUT2D eigenvalue weighted by Crippen LogP contribution is 2.20. The van der Waals surface area contributed by atoms with Crippen molar-refractivity contribution in [3.8, 4) is 0 Å². The molecule has 0 radical (unpaired) electrons. The lowest BCUT2D eigenvalue weighted by Crippen LogP contribution is -2.46. The van der Waals surface area contributed by atoms with Crippen LogP contribution in [0.15, 0.2) is 0 Å². The molecule has 1 aromatic heterocycles. The molecule has 3 heterocycles. The molecule has 2 aliphatic heterocycles. The van der Waals surface area contributed by atoms with E-state index in [0.717, 1.165) is 23.9 Å². The maximum atomic E-state index is 12.4. The van der Waals surface area contributed by atoms with Gasteiger partial charge in [-0.15, -0.1) is 24.8 Å². The van der Waals surface area contributed by atoms with Crippen LogP contribution in [0.2, 0.25) is 0 Å². The van der Waals surface area contributed by atoms with Crippen molar-refractivity contribution in [1.29, 1.82) is 0 Å². The quantitative estimate of drug-likeness (QED) is 0.808. The molecule has 2 N–H and O–H groups in total. The average molecular weight is 384 g/mol. The van der Waals surface area contributed by atoms with Crippen LogP contribution in [-0.4, -0.2) is 69.8 Å². The molecule has 2 unspecified atom stereocenters. The summed E-state index contributed by atoms with van der Waals surface area (Å²) in [5.41, 5.74) is 0. The summed E-state index contributed by atoms with van der Waals surface area (Å²) in [4.78, 5) is 18.6. The number of hydrogen-bond acceptors (Lipinski definition) is 6. The molecule has 132 valence electrons. The van der Waals surface area contributed by atoms with Gasteiger partial charge in [0.1, 0.15) is 11.9 Å². The number of rotatable bonds is 3. The Morgan fingerprint density at radius 1 is 1.48 bits per heavy atom. The van der Waals surface area contributed by atoms with E-state index in [1.54, 1.807) is 0 Å². The Morgan fingerprint density at radius 3 is 2.96 bits per heavy atom. The summed E-state index contributed by atoms with van der Waals surface area (Å²) in [6, 6.07) is 0.295. The molecule has 0 bridgehead atoms. The first-order valence-electron chi connectivity index (χ1n) is 7.32. The molecule has 2 atom stereocenters. The third-order valence-electron chi connectivity index (χ3n) is 3.74. The van der Waals surface area contributed by atoms with Gasteiger partial charge >= 0.3 is 0 Å². The number of ether oxygens (including phenoxy) is 1. The number of carbonyl (C=O) groups excluding carboxylic acids is 1. The second-order valence-corrected chi connectivity index (χ2v) is 6.56. The lowest BCUT2D eigenvalue weighted by Gasteiger charge is -2.33. The molecule has 0 aliphatic carbocycles. The molecule has 1 amide bonds. The number of H-pyrrole nitrogens is 1. The Bertz CT molecular complexity index is 498. The second kappa shape index (κ2) is 9.68. The zero-order valence-electron chi connectivity index (χ0n) is 13.0. The van der Waals surface area contributed by atoms with Crippen molar-refractivity contribution in [3.63, 3.8) is 0 Å². The predicted octanol–water partition coefficient (Wildman–Crippen LogP) is 0.952. The molecule has 2 aliphatic rings. The summed E-state index contributed by atoms with van der Waals surface area (Å²) in [5.74, 6) is 3.74. The zero-order chi connectivity index (χ0) is 14.7. The monoisotopic (exact) mass is 383 g/mol. The molecule has 2 saturated heterocycles. The highest BCUT2D eigenvalue weighted by atomic mass is 35.5. The van der Waals surface area contributed by atoms with Gasteiger partial charge in [0.05, 0.1) is 13.2 Å². The number of thioether (sulfide) groups is 1. The van der Waals surface area contributed by atoms with Gasteiger partial charge in [0, 0.05) is 37.1 Å². The first-order valence-corrected chi connectivity index (χ1v) is 8.47. The van der Waals surface area contributed by atoms with E-state index in [9.17, 15) is 4.79 Å². The van der Waals surface area contributed by atoms with E-state index in [0.29, 0.717) is 38.0 Å². The molecule has 0 saturated carbocycles. The van der Waals surface area contributed by atoms with E-state index in [-0.39, 0.29) is 36.8 Å². The minimum absolute atomic E-state index is 0. The summed E-state index contributed by atoms with van der Waals surface area (Å²) < 4.78 is 5.69. The van der Waals surface area contributed by atoms with E-state index < -0.39 is 0 Å². The van der Waals surface area contributed by atoms with E-state index >= 15 is 0 Å². The van der Waals surface area contributed by atoms with E-state index in [2.05, 4.69) is 20.5 Å². The Hall–Kier alpha value is -0.540. The van der Waals surface area contributed by atoms with Gasteiger partial charge in [-0.3, -0.25) is 9.89 Å². The molecule has 2 fully saturated rings. The van der Waals surface area contributed by atoms with Crippen molar-refractivity contribution < 1.29 is 9.53 Å². The number of morpholine rings is 1. The highest BCUT2D eigenvalue weighted by Gasteiger charge is 2.29. The van der Waals surface area contributed by atoms with E-state index in [1.807, 2.05) is 23.6 Å². The molecule has 10 heteroatoms. The first-order chi connectivity index (χ1) is 10.2. The summed E-state index contributed by atoms with van der Waals surface area (Å²) in [6.07, 6.45) is 0.341. The fourth-order valence-corrected chi connectivity index (χ4v) is 3.58. The van der Waals surface area contributed by atoms with Crippen molar-refractivity contribution in [2.75, 3.05) is 37.7 Å². The minimum Gasteiger partial charge on any atom is -0.366 e. The fourth-order valence-electron chi connectivity index (χ4n) is 2.63. The Kier molecular flexibility index (Phi) is 8.63. The van der Waals surface area contributed by atoms with Crippen LogP contribution < -0.4 is 5.32 Å². The van der Waals surface area contributed by atoms with Gasteiger partial charge in [0.2, 0.25) is 5.91 Å². The predicted molar refractivity (Wildman–Crippen MR) is 94.6 cm³/mol. The third kappa shape index (κ3) is 5.49. The number of amides is 1. The topological polar surface area (TPSA) is 83.1 Å². The standard InChI is InChI=1S/C13H21N5O2S.2ClH/c1-9-15-13(17-16-9)11-7-18(3-4-20-11)12(19)6-10-8-21-5-2-14-10;;/h10-11,14H,2-8H2,1H3,(H,15,16,17);2*1H. The van der Waals surface area contributed by atoms with Crippen LogP contribution in [0.25, 0.3) is 0 Å². The summed E-state index contributed by atoms with van der Waals surface area (Å²) >= 11 is 1.91. The van der Waals surface area contributed by atoms with Crippen LogP contribution in [-0.2, 0) is 9.53 Å². The number of nitrogens with one attached hydrogen (secondary N) is 2. The van der Waals surface area contributed by atoms with Crippen LogP contribution in [0.3, 0.4) is 0 Å². The molecule has 0 spiro atoms. The van der Waals surface area contributed by atoms with Gasteiger partial charge in [0.15, 0.2) is 5.82 Å². The van der Waals surface area contributed by atoms with Crippen LogP contribution in [0.1, 0.15) is 24.2 Å². The Labute approximate surface area is 152 Å². The largest absolute Gasteiger partial charge is 0.366 e. The van der Waals surface area contributed by atoms with Crippen molar-refractivity contribution in [3.05, 3.63) is 11.6 Å². The number of halogens is 2. The van der Waals surface area contributed by atoms with Crippen LogP contribution in [0, 0.1) is 6.92 Å². The maximum Gasteiger partial charge on any atom is 0.224 e. The first kappa shape index (κ1) is 20.5. The smallest absolute Gasteiger partial charge is 0.224 e. The summed E-state index contributed by atoms with van der Waals surface area (Å²) in [6.45, 7) is 4.57. The van der Waals surface area contributed by atoms with Gasteiger partial charge in [-0.1, -0.05) is 0 Å². The van der Waals surface area contributed by atoms with Gasteiger partial charge in [-0.25, -0.2) is 4.98 Å². The van der Waals surface area contributed by atoms with E-state index in [1.165, 1.54) is 0 Å². The van der Waals surface area contributed by atoms with Gasteiger partial charge in [-0.05, 0) is 6.92 Å². The molecule has 0 aromatic carbocycles. The molecule has 7 nitrogen and oxygen atoms in total. The van der Waals surface area contributed by atoms with Crippen LogP contribution in [0.4, 0.5) is 0 Å². The van der Waals surface area contributed by atoms with Crippen LogP contribution >= 0.6 is 36.6 Å². The van der Waals surface area contributed by atoms with Crippen molar-refractivity contribution in [1.82, 2.24) is 25.4 Å². The maximum absolute atomic E-state index is 12.4. The number of hydrogen-bond donors (Lipinski definition) is 2. The number of aryl methyl sites for hydroxylation is 1. The lowest BCUT2D eigenvalue weighted by molar-refractivity contribution is -0.139. The highest BCUT2D eigenvalue weighted by molar-refractivity contribution is 7.99. The van der Waals surface area contributed by atoms with Gasteiger partial charge in [-0.2, -0.15) is 16.9 Å². The summed E-state index contributed by atoms with van der Waals surface area (Å²) in [5, 5.41) is 10.4. The molecular weight excluding hydrogens is 361 g/mol. The van der Waals surface area contributed by atoms with Crippen molar-refractivity contribution in [2.24, 2.45) is 0 Å². The minimum atomic E-state index is -0.221. The molecule has 3 rings (SSSR count). The van der Waals surface area contributed by atoms with Gasteiger partial charge in [0.25, 0.3) is 0 Å². The number of aromatic nitrogens is 3. The Balaban J connectivity index is 0.00000132. The SMILES string of the molecule is Cc1nc(C2CN(C(=O)CC3CSCCN3)CCO2)n[nH]1.Cl.Cl. The number of aromatic amines is 1. The Morgan fingerprint density at radius 2 is 2.30 bits per heavy atom. The number of carbonyl (C=O) groups is 1. The number of nitrogens with zero attached hydrogens (tertiary/aromatic N) is 3. The fraction of sp³-hybridized carbons (Fsp3) is 0.769. The third-order valence-corrected chi connectivity index (χ3v) is 4.87. The molecular formula is C13H23Cl2N5O2S.